The van der Waals surface area contributed by atoms with E-state index in [1.807, 2.05) is 0 Å². The Balaban J connectivity index is 2.58. The van der Waals surface area contributed by atoms with Crippen molar-refractivity contribution in [1.29, 1.82) is 0 Å². The Morgan fingerprint density at radius 2 is 2.06 bits per heavy atom. The summed E-state index contributed by atoms with van der Waals surface area (Å²) >= 11 is 0. The quantitative estimate of drug-likeness (QED) is 0.787. The lowest BCUT2D eigenvalue weighted by Gasteiger charge is -2.09. The second-order valence-corrected chi connectivity index (χ2v) is 5.04. The van der Waals surface area contributed by atoms with Gasteiger partial charge in [-0.3, -0.25) is 4.79 Å². The molecule has 0 aliphatic heterocycles. The lowest BCUT2D eigenvalue weighted by atomic mass is 10.1. The largest absolute Gasteiger partial charge is 0.345 e. The first-order valence-corrected chi connectivity index (χ1v) is 6.08. The van der Waals surface area contributed by atoms with Crippen molar-refractivity contribution in [1.82, 2.24) is 4.57 Å². The predicted octanol–water partition coefficient (Wildman–Crippen LogP) is 3.66. The second kappa shape index (κ2) is 4.36. The highest BCUT2D eigenvalue weighted by Crippen LogP contribution is 2.25. The first-order valence-electron chi connectivity index (χ1n) is 6.08. The zero-order valence-corrected chi connectivity index (χ0v) is 10.9. The zero-order valence-electron chi connectivity index (χ0n) is 10.9. The molecule has 0 fully saturated rings. The maximum atomic E-state index is 11.2. The number of aryl methyl sites for hydroxylation is 1. The third-order valence-corrected chi connectivity index (χ3v) is 3.11. The lowest BCUT2D eigenvalue weighted by molar-refractivity contribution is -0.116. The van der Waals surface area contributed by atoms with Gasteiger partial charge in [-0.15, -0.1) is 0 Å². The lowest BCUT2D eigenvalue weighted by Crippen LogP contribution is -2.00. The Morgan fingerprint density at radius 1 is 1.35 bits per heavy atom. The van der Waals surface area contributed by atoms with Gasteiger partial charge in [-0.25, -0.2) is 0 Å². The molecule has 1 aromatic carbocycles. The molecular weight excluding hydrogens is 210 g/mol. The van der Waals surface area contributed by atoms with E-state index in [-0.39, 0.29) is 5.78 Å². The van der Waals surface area contributed by atoms with E-state index in [4.69, 9.17) is 0 Å². The number of Topliss-reactive ketones (excluding diaryl/α,β-unsaturated/α-hetero) is 1. The van der Waals surface area contributed by atoms with Gasteiger partial charge in [0, 0.05) is 29.6 Å². The Bertz CT molecular complexity index is 564. The van der Waals surface area contributed by atoms with Gasteiger partial charge in [-0.2, -0.15) is 0 Å². The maximum Gasteiger partial charge on any atom is 0.134 e. The van der Waals surface area contributed by atoms with Crippen molar-refractivity contribution in [3.63, 3.8) is 0 Å². The van der Waals surface area contributed by atoms with E-state index < -0.39 is 0 Å². The summed E-state index contributed by atoms with van der Waals surface area (Å²) in [4.78, 5) is 11.2. The number of carbonyl (C=O) groups is 1. The predicted molar refractivity (Wildman–Crippen MR) is 71.4 cm³/mol. The monoisotopic (exact) mass is 229 g/mol. The fourth-order valence-electron chi connectivity index (χ4n) is 2.30. The molecule has 0 aliphatic carbocycles. The number of benzene rings is 1. The fraction of sp³-hybridized carbons (Fsp3) is 0.400. The minimum Gasteiger partial charge on any atom is -0.345 e. The molecule has 1 aromatic heterocycles. The van der Waals surface area contributed by atoms with Crippen molar-refractivity contribution >= 4 is 16.7 Å². The summed E-state index contributed by atoms with van der Waals surface area (Å²) in [6.07, 6.45) is 2.71. The maximum absolute atomic E-state index is 11.2. The topological polar surface area (TPSA) is 22.0 Å². The number of ketones is 1. The standard InChI is InChI=1S/C15H19NO/c1-10(2)16-9-11(3)14-6-5-13(7-12(4)17)8-15(14)16/h5-6,8-10H,7H2,1-4H3. The van der Waals surface area contributed by atoms with Crippen LogP contribution in [0, 0.1) is 6.92 Å². The van der Waals surface area contributed by atoms with Gasteiger partial charge >= 0.3 is 0 Å². The van der Waals surface area contributed by atoms with Crippen LogP contribution < -0.4 is 0 Å². The van der Waals surface area contributed by atoms with Crippen LogP contribution in [-0.2, 0) is 11.2 Å². The van der Waals surface area contributed by atoms with Crippen LogP contribution in [0.1, 0.15) is 37.9 Å². The van der Waals surface area contributed by atoms with Gasteiger partial charge < -0.3 is 4.57 Å². The van der Waals surface area contributed by atoms with Crippen LogP contribution in [0.25, 0.3) is 10.9 Å². The van der Waals surface area contributed by atoms with E-state index in [1.54, 1.807) is 6.92 Å². The molecule has 0 aliphatic rings. The molecule has 0 atom stereocenters. The number of fused-ring (bicyclic) bond motifs is 1. The van der Waals surface area contributed by atoms with E-state index in [1.165, 1.54) is 16.5 Å². The van der Waals surface area contributed by atoms with E-state index in [0.717, 1.165) is 5.56 Å². The van der Waals surface area contributed by atoms with Gasteiger partial charge in [0.2, 0.25) is 0 Å². The average molecular weight is 229 g/mol. The Hall–Kier alpha value is -1.57. The highest BCUT2D eigenvalue weighted by atomic mass is 16.1. The number of aromatic nitrogens is 1. The molecule has 0 saturated heterocycles. The third-order valence-electron chi connectivity index (χ3n) is 3.11. The summed E-state index contributed by atoms with van der Waals surface area (Å²) in [5.74, 6) is 0.212. The molecular formula is C15H19NO. The van der Waals surface area contributed by atoms with E-state index in [0.29, 0.717) is 12.5 Å². The van der Waals surface area contributed by atoms with Gasteiger partial charge in [0.25, 0.3) is 0 Å². The molecule has 0 bridgehead atoms. The highest BCUT2D eigenvalue weighted by Gasteiger charge is 2.09. The van der Waals surface area contributed by atoms with Crippen molar-refractivity contribution in [2.24, 2.45) is 0 Å². The Morgan fingerprint density at radius 3 is 2.65 bits per heavy atom. The molecule has 0 spiro atoms. The molecule has 0 N–H and O–H groups in total. The number of hydrogen-bond donors (Lipinski definition) is 0. The van der Waals surface area contributed by atoms with Gasteiger partial charge in [0.15, 0.2) is 0 Å². The van der Waals surface area contributed by atoms with Crippen LogP contribution in [0.15, 0.2) is 24.4 Å². The zero-order chi connectivity index (χ0) is 12.6. The summed E-state index contributed by atoms with van der Waals surface area (Å²) in [5.41, 5.74) is 3.63. The van der Waals surface area contributed by atoms with Crippen molar-refractivity contribution in [3.8, 4) is 0 Å². The average Bonchev–Trinajstić information content (AvgIpc) is 2.55. The third kappa shape index (κ3) is 2.26. The summed E-state index contributed by atoms with van der Waals surface area (Å²) in [7, 11) is 0. The van der Waals surface area contributed by atoms with Crippen LogP contribution in [-0.4, -0.2) is 10.4 Å². The SMILES string of the molecule is CC(=O)Cc1ccc2c(C)cn(C(C)C)c2c1. The van der Waals surface area contributed by atoms with Gasteiger partial charge in [-0.05, 0) is 44.9 Å². The molecule has 90 valence electrons. The van der Waals surface area contributed by atoms with Crippen LogP contribution in [0.2, 0.25) is 0 Å². The van der Waals surface area contributed by atoms with Crippen molar-refractivity contribution < 1.29 is 4.79 Å². The number of hydrogen-bond acceptors (Lipinski definition) is 1. The molecule has 2 aromatic rings. The first kappa shape index (κ1) is 11.9. The molecule has 0 saturated carbocycles. The minimum atomic E-state index is 0.212. The smallest absolute Gasteiger partial charge is 0.134 e. The highest BCUT2D eigenvalue weighted by molar-refractivity contribution is 5.86. The van der Waals surface area contributed by atoms with Gasteiger partial charge in [-0.1, -0.05) is 12.1 Å². The Kier molecular flexibility index (Phi) is 3.05. The molecule has 0 radical (unpaired) electrons. The Labute approximate surface area is 102 Å². The summed E-state index contributed by atoms with van der Waals surface area (Å²) < 4.78 is 2.27. The van der Waals surface area contributed by atoms with Crippen LogP contribution in [0.5, 0.6) is 0 Å². The summed E-state index contributed by atoms with van der Waals surface area (Å²) in [6.45, 7) is 8.12. The first-order chi connectivity index (χ1) is 7.99. The molecule has 2 rings (SSSR count). The second-order valence-electron chi connectivity index (χ2n) is 5.04. The molecule has 17 heavy (non-hydrogen) atoms. The van der Waals surface area contributed by atoms with E-state index in [9.17, 15) is 4.79 Å². The molecule has 0 unspecified atom stereocenters. The van der Waals surface area contributed by atoms with Gasteiger partial charge in [0.1, 0.15) is 5.78 Å². The van der Waals surface area contributed by atoms with Crippen molar-refractivity contribution in [2.45, 2.75) is 40.2 Å². The van der Waals surface area contributed by atoms with Gasteiger partial charge in [0.05, 0.1) is 0 Å². The number of carbonyl (C=O) groups excluding carboxylic acids is 1. The number of nitrogens with zero attached hydrogens (tertiary/aromatic N) is 1. The van der Waals surface area contributed by atoms with E-state index >= 15 is 0 Å². The molecule has 2 heteroatoms. The fourth-order valence-corrected chi connectivity index (χ4v) is 2.30. The molecule has 2 nitrogen and oxygen atoms in total. The molecule has 0 amide bonds. The van der Waals surface area contributed by atoms with Crippen molar-refractivity contribution in [2.75, 3.05) is 0 Å². The van der Waals surface area contributed by atoms with Crippen LogP contribution >= 0.6 is 0 Å². The summed E-state index contributed by atoms with van der Waals surface area (Å²) in [6, 6.07) is 6.77. The van der Waals surface area contributed by atoms with E-state index in [2.05, 4.69) is 49.7 Å². The van der Waals surface area contributed by atoms with Crippen molar-refractivity contribution in [3.05, 3.63) is 35.5 Å². The molecule has 1 heterocycles. The van der Waals surface area contributed by atoms with Crippen LogP contribution in [0.3, 0.4) is 0 Å². The summed E-state index contributed by atoms with van der Waals surface area (Å²) in [5, 5.41) is 1.28. The number of rotatable bonds is 3. The van der Waals surface area contributed by atoms with Crippen LogP contribution in [0.4, 0.5) is 0 Å². The minimum absolute atomic E-state index is 0.212. The normalized spacial score (nSPS) is 11.4.